The first-order valence-corrected chi connectivity index (χ1v) is 6.48. The maximum atomic E-state index is 11.9. The molecule has 1 aromatic carbocycles. The second kappa shape index (κ2) is 6.92. The third-order valence-electron chi connectivity index (χ3n) is 2.80. The Kier molecular flexibility index (Phi) is 5.55. The fourth-order valence-corrected chi connectivity index (χ4v) is 1.98. The molecule has 0 aromatic heterocycles. The molecule has 19 heavy (non-hydrogen) atoms. The number of ether oxygens (including phenoxy) is 2. The van der Waals surface area contributed by atoms with Gasteiger partial charge in [0.25, 0.3) is 0 Å². The summed E-state index contributed by atoms with van der Waals surface area (Å²) in [6.07, 6.45) is 0.498. The molecule has 104 valence electrons. The number of carbonyl (C=O) groups is 1. The zero-order chi connectivity index (χ0) is 14.3. The molecule has 0 fully saturated rings. The summed E-state index contributed by atoms with van der Waals surface area (Å²) < 4.78 is 10.1. The smallest absolute Gasteiger partial charge is 0.337 e. The minimum Gasteiger partial charge on any atom is -0.478 e. The van der Waals surface area contributed by atoms with E-state index in [0.717, 1.165) is 5.56 Å². The summed E-state index contributed by atoms with van der Waals surface area (Å²) in [6, 6.07) is 9.75. The molecule has 0 radical (unpaired) electrons. The van der Waals surface area contributed by atoms with Crippen molar-refractivity contribution in [2.75, 3.05) is 13.7 Å². The molecule has 1 atom stereocenters. The van der Waals surface area contributed by atoms with Gasteiger partial charge in [-0.15, -0.1) is 0 Å². The van der Waals surface area contributed by atoms with E-state index in [2.05, 4.69) is 4.99 Å². The van der Waals surface area contributed by atoms with Gasteiger partial charge in [-0.2, -0.15) is 0 Å². The van der Waals surface area contributed by atoms with Gasteiger partial charge in [-0.1, -0.05) is 44.2 Å². The summed E-state index contributed by atoms with van der Waals surface area (Å²) >= 11 is 0. The summed E-state index contributed by atoms with van der Waals surface area (Å²) in [4.78, 5) is 16.2. The van der Waals surface area contributed by atoms with E-state index < -0.39 is 5.54 Å². The zero-order valence-corrected chi connectivity index (χ0v) is 12.0. The lowest BCUT2D eigenvalue weighted by Crippen LogP contribution is -2.41. The Hall–Kier alpha value is -1.84. The van der Waals surface area contributed by atoms with Crippen LogP contribution in [-0.4, -0.2) is 31.1 Å². The van der Waals surface area contributed by atoms with Gasteiger partial charge < -0.3 is 9.47 Å². The van der Waals surface area contributed by atoms with Crippen molar-refractivity contribution in [1.82, 2.24) is 0 Å². The third kappa shape index (κ3) is 3.56. The van der Waals surface area contributed by atoms with Gasteiger partial charge in [0.1, 0.15) is 6.61 Å². The highest BCUT2D eigenvalue weighted by Gasteiger charge is 2.44. The van der Waals surface area contributed by atoms with Crippen LogP contribution in [0, 0.1) is 0 Å². The van der Waals surface area contributed by atoms with Gasteiger partial charge in [0.05, 0.1) is 7.11 Å². The van der Waals surface area contributed by atoms with Crippen molar-refractivity contribution >= 4 is 11.9 Å². The lowest BCUT2D eigenvalue weighted by molar-refractivity contribution is -0.147. The summed E-state index contributed by atoms with van der Waals surface area (Å²) in [5.74, 6) is 0.185. The Balaban J connectivity index is 0.000000861. The Morgan fingerprint density at radius 3 is 2.47 bits per heavy atom. The molecule has 1 aromatic rings. The van der Waals surface area contributed by atoms with Gasteiger partial charge in [0, 0.05) is 13.3 Å². The molecule has 0 saturated heterocycles. The summed E-state index contributed by atoms with van der Waals surface area (Å²) in [7, 11) is 1.37. The molecule has 0 N–H and O–H groups in total. The molecule has 0 saturated carbocycles. The van der Waals surface area contributed by atoms with Gasteiger partial charge >= 0.3 is 5.97 Å². The van der Waals surface area contributed by atoms with E-state index in [1.54, 1.807) is 6.92 Å². The number of aliphatic imine (C=N–C) groups is 1. The van der Waals surface area contributed by atoms with Gasteiger partial charge in [-0.25, -0.2) is 9.79 Å². The molecule has 0 bridgehead atoms. The van der Waals surface area contributed by atoms with E-state index in [-0.39, 0.29) is 12.6 Å². The minimum atomic E-state index is -0.916. The fraction of sp³-hybridized carbons (Fsp3) is 0.467. The fourth-order valence-electron chi connectivity index (χ4n) is 1.98. The average molecular weight is 263 g/mol. The van der Waals surface area contributed by atoms with Crippen LogP contribution in [0.3, 0.4) is 0 Å². The Morgan fingerprint density at radius 1 is 1.37 bits per heavy atom. The van der Waals surface area contributed by atoms with E-state index in [0.29, 0.717) is 12.3 Å². The van der Waals surface area contributed by atoms with Crippen molar-refractivity contribution in [2.24, 2.45) is 4.99 Å². The van der Waals surface area contributed by atoms with Crippen molar-refractivity contribution in [3.05, 3.63) is 35.9 Å². The molecule has 0 unspecified atom stereocenters. The van der Waals surface area contributed by atoms with E-state index in [9.17, 15) is 4.79 Å². The molecular formula is C15H21NO3. The SMILES string of the molecule is CC.COC(=O)[C@@]1(Cc2ccccc2)COC(C)=N1. The van der Waals surface area contributed by atoms with E-state index in [4.69, 9.17) is 9.47 Å². The standard InChI is InChI=1S/C13H15NO3.C2H6/c1-10-14-13(9-17-10,12(15)16-2)8-11-6-4-3-5-7-11;1-2/h3-7H,8-9H2,1-2H3;1-2H3/t13-;/m1./s1. The predicted molar refractivity (Wildman–Crippen MR) is 75.3 cm³/mol. The summed E-state index contributed by atoms with van der Waals surface area (Å²) in [5.41, 5.74) is 0.125. The maximum Gasteiger partial charge on any atom is 0.337 e. The van der Waals surface area contributed by atoms with E-state index in [1.807, 2.05) is 44.2 Å². The first-order valence-electron chi connectivity index (χ1n) is 6.48. The van der Waals surface area contributed by atoms with Crippen molar-refractivity contribution in [3.63, 3.8) is 0 Å². The molecular weight excluding hydrogens is 242 g/mol. The van der Waals surface area contributed by atoms with E-state index in [1.165, 1.54) is 7.11 Å². The Labute approximate surface area is 114 Å². The van der Waals surface area contributed by atoms with Crippen LogP contribution >= 0.6 is 0 Å². The van der Waals surface area contributed by atoms with Crippen LogP contribution in [0.1, 0.15) is 26.3 Å². The van der Waals surface area contributed by atoms with Crippen LogP contribution in [0.2, 0.25) is 0 Å². The van der Waals surface area contributed by atoms with Crippen molar-refractivity contribution in [1.29, 1.82) is 0 Å². The first-order chi connectivity index (χ1) is 9.16. The minimum absolute atomic E-state index is 0.250. The van der Waals surface area contributed by atoms with Crippen molar-refractivity contribution in [2.45, 2.75) is 32.7 Å². The zero-order valence-electron chi connectivity index (χ0n) is 12.0. The van der Waals surface area contributed by atoms with Crippen LogP contribution in [0.25, 0.3) is 0 Å². The lowest BCUT2D eigenvalue weighted by Gasteiger charge is -2.20. The van der Waals surface area contributed by atoms with Crippen LogP contribution < -0.4 is 0 Å². The number of carbonyl (C=O) groups excluding carboxylic acids is 1. The highest BCUT2D eigenvalue weighted by Crippen LogP contribution is 2.25. The van der Waals surface area contributed by atoms with Crippen LogP contribution in [-0.2, 0) is 20.7 Å². The lowest BCUT2D eigenvalue weighted by atomic mass is 9.92. The second-order valence-corrected chi connectivity index (χ2v) is 4.11. The molecule has 0 amide bonds. The normalized spacial score (nSPS) is 20.7. The van der Waals surface area contributed by atoms with Gasteiger partial charge in [-0.3, -0.25) is 0 Å². The average Bonchev–Trinajstić information content (AvgIpc) is 2.83. The van der Waals surface area contributed by atoms with Crippen LogP contribution in [0.5, 0.6) is 0 Å². The monoisotopic (exact) mass is 263 g/mol. The predicted octanol–water partition coefficient (Wildman–Crippen LogP) is 2.62. The molecule has 4 heteroatoms. The largest absolute Gasteiger partial charge is 0.478 e. The second-order valence-electron chi connectivity index (χ2n) is 4.11. The maximum absolute atomic E-state index is 11.9. The third-order valence-corrected chi connectivity index (χ3v) is 2.80. The Morgan fingerprint density at radius 2 is 2.00 bits per heavy atom. The topological polar surface area (TPSA) is 47.9 Å². The number of hydrogen-bond acceptors (Lipinski definition) is 4. The molecule has 1 heterocycles. The van der Waals surface area contributed by atoms with Crippen molar-refractivity contribution in [3.8, 4) is 0 Å². The van der Waals surface area contributed by atoms with Gasteiger partial charge in [0.2, 0.25) is 0 Å². The Bertz CT molecular complexity index is 442. The molecule has 2 rings (SSSR count). The number of rotatable bonds is 3. The summed E-state index contributed by atoms with van der Waals surface area (Å²) in [6.45, 7) is 6.00. The van der Waals surface area contributed by atoms with Crippen LogP contribution in [0.15, 0.2) is 35.3 Å². The number of methoxy groups -OCH3 is 1. The molecule has 0 aliphatic carbocycles. The van der Waals surface area contributed by atoms with Gasteiger partial charge in [0.15, 0.2) is 11.4 Å². The van der Waals surface area contributed by atoms with E-state index >= 15 is 0 Å². The number of esters is 1. The summed E-state index contributed by atoms with van der Waals surface area (Å²) in [5, 5.41) is 0. The molecule has 1 aliphatic heterocycles. The van der Waals surface area contributed by atoms with Crippen molar-refractivity contribution < 1.29 is 14.3 Å². The quantitative estimate of drug-likeness (QED) is 0.788. The number of nitrogens with zero attached hydrogens (tertiary/aromatic N) is 1. The van der Waals surface area contributed by atoms with Gasteiger partial charge in [-0.05, 0) is 5.56 Å². The number of hydrogen-bond donors (Lipinski definition) is 0. The highest BCUT2D eigenvalue weighted by atomic mass is 16.5. The first kappa shape index (κ1) is 15.2. The number of benzene rings is 1. The molecule has 1 aliphatic rings. The molecule has 0 spiro atoms. The van der Waals surface area contributed by atoms with Crippen LogP contribution in [0.4, 0.5) is 0 Å². The molecule has 4 nitrogen and oxygen atoms in total. The highest BCUT2D eigenvalue weighted by molar-refractivity contribution is 5.88.